The third kappa shape index (κ3) is 4.63. The normalized spacial score (nSPS) is 33.9. The van der Waals surface area contributed by atoms with Crippen LogP contribution in [0.3, 0.4) is 0 Å². The molecule has 1 aliphatic carbocycles. The predicted molar refractivity (Wildman–Crippen MR) is 59.3 cm³/mol. The van der Waals surface area contributed by atoms with Gasteiger partial charge >= 0.3 is 0 Å². The van der Waals surface area contributed by atoms with E-state index in [1.165, 1.54) is 19.3 Å². The van der Waals surface area contributed by atoms with Gasteiger partial charge in [0.2, 0.25) is 0 Å². The Morgan fingerprint density at radius 3 is 1.69 bits per heavy atom. The molecule has 1 saturated carbocycles. The number of rotatable bonds is 1. The Morgan fingerprint density at radius 2 is 1.38 bits per heavy atom. The van der Waals surface area contributed by atoms with Crippen LogP contribution in [-0.2, 0) is 0 Å². The van der Waals surface area contributed by atoms with Gasteiger partial charge in [-0.25, -0.2) is 5.01 Å². The van der Waals surface area contributed by atoms with Crippen molar-refractivity contribution in [3.8, 4) is 0 Å². The SMILES string of the molecule is CC.CC1CC(C)CC(N(C)N)C1. The molecule has 2 N–H and O–H groups in total. The molecular formula is C11H26N2. The molecule has 0 saturated heterocycles. The molecule has 80 valence electrons. The van der Waals surface area contributed by atoms with Crippen molar-refractivity contribution in [2.45, 2.75) is 53.0 Å². The molecule has 2 atom stereocenters. The van der Waals surface area contributed by atoms with Crippen molar-refractivity contribution in [3.63, 3.8) is 0 Å². The second-order valence-corrected chi connectivity index (χ2v) is 4.24. The van der Waals surface area contributed by atoms with Gasteiger partial charge < -0.3 is 0 Å². The first kappa shape index (κ1) is 12.9. The first-order chi connectivity index (χ1) is 6.09. The third-order valence-electron chi connectivity index (χ3n) is 2.73. The lowest BCUT2D eigenvalue weighted by Crippen LogP contribution is -2.42. The summed E-state index contributed by atoms with van der Waals surface area (Å²) >= 11 is 0. The van der Waals surface area contributed by atoms with E-state index in [1.54, 1.807) is 0 Å². The highest BCUT2D eigenvalue weighted by Crippen LogP contribution is 2.29. The van der Waals surface area contributed by atoms with E-state index >= 15 is 0 Å². The van der Waals surface area contributed by atoms with Gasteiger partial charge in [0.1, 0.15) is 0 Å². The van der Waals surface area contributed by atoms with Gasteiger partial charge in [-0.15, -0.1) is 0 Å². The highest BCUT2D eigenvalue weighted by atomic mass is 15.4. The minimum atomic E-state index is 0.619. The molecule has 0 aromatic heterocycles. The maximum atomic E-state index is 5.72. The lowest BCUT2D eigenvalue weighted by Gasteiger charge is -2.34. The van der Waals surface area contributed by atoms with Crippen molar-refractivity contribution < 1.29 is 0 Å². The quantitative estimate of drug-likeness (QED) is 0.504. The summed E-state index contributed by atoms with van der Waals surface area (Å²) in [5.41, 5.74) is 0. The Balaban J connectivity index is 0.000000671. The summed E-state index contributed by atoms with van der Waals surface area (Å²) in [6.45, 7) is 8.65. The number of hydrazine groups is 1. The Morgan fingerprint density at radius 1 is 1.00 bits per heavy atom. The molecule has 2 nitrogen and oxygen atoms in total. The van der Waals surface area contributed by atoms with Gasteiger partial charge in [-0.3, -0.25) is 5.84 Å². The maximum absolute atomic E-state index is 5.72. The summed E-state index contributed by atoms with van der Waals surface area (Å²) in [6.07, 6.45) is 3.93. The number of hydrogen-bond donors (Lipinski definition) is 1. The third-order valence-corrected chi connectivity index (χ3v) is 2.73. The molecule has 1 aliphatic rings. The zero-order valence-corrected chi connectivity index (χ0v) is 9.88. The summed E-state index contributed by atoms with van der Waals surface area (Å²) in [4.78, 5) is 0. The van der Waals surface area contributed by atoms with E-state index in [0.717, 1.165) is 11.8 Å². The molecule has 0 amide bonds. The first-order valence-corrected chi connectivity index (χ1v) is 5.57. The van der Waals surface area contributed by atoms with E-state index in [4.69, 9.17) is 5.84 Å². The minimum absolute atomic E-state index is 0.619. The van der Waals surface area contributed by atoms with Gasteiger partial charge in [-0.1, -0.05) is 27.7 Å². The molecule has 0 aromatic carbocycles. The van der Waals surface area contributed by atoms with Crippen molar-refractivity contribution in [2.24, 2.45) is 17.7 Å². The lowest BCUT2D eigenvalue weighted by atomic mass is 9.80. The molecule has 0 heterocycles. The van der Waals surface area contributed by atoms with Gasteiger partial charge in [-0.05, 0) is 31.1 Å². The van der Waals surface area contributed by atoms with Crippen LogP contribution in [0, 0.1) is 11.8 Å². The summed E-state index contributed by atoms with van der Waals surface area (Å²) in [6, 6.07) is 0.619. The highest BCUT2D eigenvalue weighted by Gasteiger charge is 2.25. The van der Waals surface area contributed by atoms with Crippen molar-refractivity contribution in [1.29, 1.82) is 0 Å². The van der Waals surface area contributed by atoms with Crippen LogP contribution in [0.1, 0.15) is 47.0 Å². The van der Waals surface area contributed by atoms with Crippen LogP contribution in [0.25, 0.3) is 0 Å². The van der Waals surface area contributed by atoms with Crippen LogP contribution in [-0.4, -0.2) is 18.1 Å². The van der Waals surface area contributed by atoms with Gasteiger partial charge in [0.25, 0.3) is 0 Å². The van der Waals surface area contributed by atoms with E-state index < -0.39 is 0 Å². The van der Waals surface area contributed by atoms with Gasteiger partial charge in [0, 0.05) is 13.1 Å². The monoisotopic (exact) mass is 186 g/mol. The summed E-state index contributed by atoms with van der Waals surface area (Å²) < 4.78 is 0. The topological polar surface area (TPSA) is 29.3 Å². The van der Waals surface area contributed by atoms with Crippen molar-refractivity contribution in [3.05, 3.63) is 0 Å². The molecule has 0 aromatic rings. The van der Waals surface area contributed by atoms with Crippen LogP contribution >= 0.6 is 0 Å². The van der Waals surface area contributed by atoms with E-state index in [2.05, 4.69) is 13.8 Å². The molecule has 0 bridgehead atoms. The molecule has 0 spiro atoms. The van der Waals surface area contributed by atoms with Crippen LogP contribution in [0.2, 0.25) is 0 Å². The Labute approximate surface area is 83.5 Å². The standard InChI is InChI=1S/C9H20N2.C2H6/c1-7-4-8(2)6-9(5-7)11(3)10;1-2/h7-9H,4-6,10H2,1-3H3;1-2H3. The summed E-state index contributed by atoms with van der Waals surface area (Å²) in [7, 11) is 1.98. The van der Waals surface area contributed by atoms with Crippen LogP contribution in [0.15, 0.2) is 0 Å². The maximum Gasteiger partial charge on any atom is 0.0243 e. The average Bonchev–Trinajstić information content (AvgIpc) is 2.06. The number of hydrogen-bond acceptors (Lipinski definition) is 2. The fraction of sp³-hybridized carbons (Fsp3) is 1.00. The zero-order valence-electron chi connectivity index (χ0n) is 9.88. The fourth-order valence-corrected chi connectivity index (χ4v) is 2.24. The van der Waals surface area contributed by atoms with E-state index in [9.17, 15) is 0 Å². The van der Waals surface area contributed by atoms with Gasteiger partial charge in [0.15, 0.2) is 0 Å². The highest BCUT2D eigenvalue weighted by molar-refractivity contribution is 4.78. The summed E-state index contributed by atoms with van der Waals surface area (Å²) in [5.74, 6) is 7.44. The van der Waals surface area contributed by atoms with E-state index in [-0.39, 0.29) is 0 Å². The van der Waals surface area contributed by atoms with Crippen molar-refractivity contribution in [2.75, 3.05) is 7.05 Å². The molecular weight excluding hydrogens is 160 g/mol. The van der Waals surface area contributed by atoms with Crippen LogP contribution in [0.4, 0.5) is 0 Å². The molecule has 2 unspecified atom stereocenters. The smallest absolute Gasteiger partial charge is 0.0243 e. The Kier molecular flexibility index (Phi) is 6.35. The van der Waals surface area contributed by atoms with Gasteiger partial charge in [0.05, 0.1) is 0 Å². The average molecular weight is 186 g/mol. The second-order valence-electron chi connectivity index (χ2n) is 4.24. The Hall–Kier alpha value is -0.0800. The second kappa shape index (κ2) is 6.39. The zero-order chi connectivity index (χ0) is 10.4. The van der Waals surface area contributed by atoms with E-state index in [0.29, 0.717) is 6.04 Å². The molecule has 0 radical (unpaired) electrons. The molecule has 13 heavy (non-hydrogen) atoms. The molecule has 1 rings (SSSR count). The minimum Gasteiger partial charge on any atom is -0.269 e. The van der Waals surface area contributed by atoms with Gasteiger partial charge in [-0.2, -0.15) is 0 Å². The predicted octanol–water partition coefficient (Wildman–Crippen LogP) is 2.64. The fourth-order valence-electron chi connectivity index (χ4n) is 2.24. The molecule has 1 fully saturated rings. The first-order valence-electron chi connectivity index (χ1n) is 5.57. The van der Waals surface area contributed by atoms with E-state index in [1.807, 2.05) is 25.9 Å². The van der Waals surface area contributed by atoms with Crippen LogP contribution < -0.4 is 5.84 Å². The largest absolute Gasteiger partial charge is 0.269 e. The lowest BCUT2D eigenvalue weighted by molar-refractivity contribution is 0.135. The van der Waals surface area contributed by atoms with Crippen molar-refractivity contribution >= 4 is 0 Å². The summed E-state index contributed by atoms with van der Waals surface area (Å²) in [5, 5.41) is 1.88. The molecule has 0 aliphatic heterocycles. The number of nitrogens with zero attached hydrogens (tertiary/aromatic N) is 1. The molecule has 2 heteroatoms. The van der Waals surface area contributed by atoms with Crippen molar-refractivity contribution in [1.82, 2.24) is 5.01 Å². The Bertz CT molecular complexity index is 113. The van der Waals surface area contributed by atoms with Crippen LogP contribution in [0.5, 0.6) is 0 Å². The number of nitrogens with two attached hydrogens (primary N) is 1.